The summed E-state index contributed by atoms with van der Waals surface area (Å²) in [5.41, 5.74) is -1.24. The number of carbonyl (C=O) groups excluding carboxylic acids is 1. The number of ether oxygens (including phenoxy) is 1. The molecule has 0 spiro atoms. The van der Waals surface area contributed by atoms with Crippen molar-refractivity contribution in [2.45, 2.75) is 108 Å². The Labute approximate surface area is 162 Å². The molecule has 0 saturated carbocycles. The van der Waals surface area contributed by atoms with Crippen LogP contribution in [0.3, 0.4) is 0 Å². The quantitative estimate of drug-likeness (QED) is 0.299. The number of aliphatic hydroxyl groups is 4. The zero-order chi connectivity index (χ0) is 21.0. The monoisotopic (exact) mass is 390 g/mol. The number of ketones is 1. The van der Waals surface area contributed by atoms with E-state index in [1.54, 1.807) is 7.05 Å². The first-order valence-corrected chi connectivity index (χ1v) is 9.94. The molecule has 160 valence electrons. The Balaban J connectivity index is 3.35. The fraction of sp³-hybridized carbons (Fsp3) is 0.947. The van der Waals surface area contributed by atoms with Gasteiger partial charge < -0.3 is 30.5 Å². The first-order valence-electron chi connectivity index (χ1n) is 9.94. The number of hydrogen-bond donors (Lipinski definition) is 6. The Morgan fingerprint density at radius 3 is 1.89 bits per heavy atom. The average molecular weight is 391 g/mol. The Hall–Kier alpha value is -0.610. The van der Waals surface area contributed by atoms with Gasteiger partial charge in [0.1, 0.15) is 24.4 Å². The highest BCUT2D eigenvalue weighted by atomic mass is 16.6. The van der Waals surface area contributed by atoms with E-state index < -0.39 is 47.8 Å². The van der Waals surface area contributed by atoms with Gasteiger partial charge in [0.2, 0.25) is 0 Å². The summed E-state index contributed by atoms with van der Waals surface area (Å²) in [4.78, 5) is 13.6. The molecule has 6 unspecified atom stereocenters. The standard InChI is InChI=1S/C19H38N2O6/c1-7-18(5,8-2)21-11(16(25)19(9-3,10-4)20-6)15-13(23)12(22)14(24)17(26)27-15/h11-15,17,20-24,26H,7-10H2,1-6H3. The third-order valence-corrected chi connectivity index (χ3v) is 6.46. The highest BCUT2D eigenvalue weighted by Crippen LogP contribution is 2.29. The Morgan fingerprint density at radius 1 is 0.963 bits per heavy atom. The van der Waals surface area contributed by atoms with Gasteiger partial charge in [0.15, 0.2) is 12.1 Å². The summed E-state index contributed by atoms with van der Waals surface area (Å²) in [6.07, 6.45) is -5.14. The number of rotatable bonds is 10. The van der Waals surface area contributed by atoms with Crippen LogP contribution in [0.1, 0.15) is 60.3 Å². The second-order valence-corrected chi connectivity index (χ2v) is 7.76. The van der Waals surface area contributed by atoms with Crippen molar-refractivity contribution >= 4 is 5.78 Å². The lowest BCUT2D eigenvalue weighted by atomic mass is 9.79. The van der Waals surface area contributed by atoms with Gasteiger partial charge in [-0.1, -0.05) is 27.7 Å². The number of aliphatic hydroxyl groups excluding tert-OH is 4. The van der Waals surface area contributed by atoms with E-state index in [2.05, 4.69) is 10.6 Å². The molecule has 0 aromatic rings. The van der Waals surface area contributed by atoms with Crippen molar-refractivity contribution in [3.63, 3.8) is 0 Å². The van der Waals surface area contributed by atoms with Gasteiger partial charge in [0, 0.05) is 5.54 Å². The van der Waals surface area contributed by atoms with Gasteiger partial charge in [0.05, 0.1) is 11.6 Å². The summed E-state index contributed by atoms with van der Waals surface area (Å²) in [6, 6.07) is -0.978. The third kappa shape index (κ3) is 4.87. The summed E-state index contributed by atoms with van der Waals surface area (Å²) in [7, 11) is 1.71. The molecule has 27 heavy (non-hydrogen) atoms. The van der Waals surface area contributed by atoms with E-state index in [1.807, 2.05) is 34.6 Å². The van der Waals surface area contributed by atoms with E-state index in [0.717, 1.165) is 12.8 Å². The molecule has 1 saturated heterocycles. The highest BCUT2D eigenvalue weighted by molar-refractivity contribution is 5.93. The van der Waals surface area contributed by atoms with Crippen molar-refractivity contribution < 1.29 is 30.0 Å². The normalized spacial score (nSPS) is 31.0. The average Bonchev–Trinajstić information content (AvgIpc) is 2.69. The second-order valence-electron chi connectivity index (χ2n) is 7.76. The van der Waals surface area contributed by atoms with E-state index in [4.69, 9.17) is 4.74 Å². The maximum absolute atomic E-state index is 13.6. The van der Waals surface area contributed by atoms with Gasteiger partial charge in [-0.15, -0.1) is 0 Å². The molecule has 0 amide bonds. The van der Waals surface area contributed by atoms with Gasteiger partial charge in [-0.3, -0.25) is 10.1 Å². The van der Waals surface area contributed by atoms with Crippen LogP contribution in [-0.2, 0) is 9.53 Å². The lowest BCUT2D eigenvalue weighted by Crippen LogP contribution is -2.70. The molecule has 0 aromatic heterocycles. The zero-order valence-electron chi connectivity index (χ0n) is 17.4. The number of Topliss-reactive ketones (excluding diaryl/α,β-unsaturated/α-hetero) is 1. The van der Waals surface area contributed by atoms with Crippen LogP contribution in [0.25, 0.3) is 0 Å². The molecule has 1 fully saturated rings. The molecule has 0 aliphatic carbocycles. The molecule has 1 rings (SSSR count). The van der Waals surface area contributed by atoms with Gasteiger partial charge in [0.25, 0.3) is 0 Å². The maximum Gasteiger partial charge on any atom is 0.184 e. The van der Waals surface area contributed by atoms with Crippen molar-refractivity contribution in [1.82, 2.24) is 10.6 Å². The minimum Gasteiger partial charge on any atom is -0.388 e. The van der Waals surface area contributed by atoms with Crippen LogP contribution in [0, 0.1) is 0 Å². The van der Waals surface area contributed by atoms with Gasteiger partial charge >= 0.3 is 0 Å². The first-order chi connectivity index (χ1) is 12.6. The molecule has 8 heteroatoms. The molecule has 6 atom stereocenters. The Morgan fingerprint density at radius 2 is 1.48 bits per heavy atom. The predicted octanol–water partition coefficient (Wildman–Crippen LogP) is -0.329. The van der Waals surface area contributed by atoms with Crippen LogP contribution in [-0.4, -0.2) is 81.1 Å². The molecule has 0 aromatic carbocycles. The van der Waals surface area contributed by atoms with Crippen LogP contribution < -0.4 is 10.6 Å². The lowest BCUT2D eigenvalue weighted by molar-refractivity contribution is -0.286. The SMILES string of the molecule is CCC(C)(CC)NC(C(=O)C(CC)(CC)NC)C1OC(O)C(O)C(O)C1O. The molecule has 0 bridgehead atoms. The van der Waals surface area contributed by atoms with Gasteiger partial charge in [-0.05, 0) is 39.7 Å². The Kier molecular flexibility index (Phi) is 8.81. The van der Waals surface area contributed by atoms with Gasteiger partial charge in [-0.2, -0.15) is 0 Å². The van der Waals surface area contributed by atoms with E-state index >= 15 is 0 Å². The molecule has 1 heterocycles. The van der Waals surface area contributed by atoms with Crippen molar-refractivity contribution in [3.8, 4) is 0 Å². The van der Waals surface area contributed by atoms with E-state index in [9.17, 15) is 25.2 Å². The molecule has 8 nitrogen and oxygen atoms in total. The molecule has 1 aliphatic heterocycles. The van der Waals surface area contributed by atoms with E-state index in [0.29, 0.717) is 12.8 Å². The molecule has 6 N–H and O–H groups in total. The van der Waals surface area contributed by atoms with Crippen LogP contribution in [0.15, 0.2) is 0 Å². The van der Waals surface area contributed by atoms with E-state index in [1.165, 1.54) is 0 Å². The van der Waals surface area contributed by atoms with Crippen LogP contribution in [0.5, 0.6) is 0 Å². The fourth-order valence-corrected chi connectivity index (χ4v) is 3.66. The summed E-state index contributed by atoms with van der Waals surface area (Å²) >= 11 is 0. The summed E-state index contributed by atoms with van der Waals surface area (Å²) in [6.45, 7) is 9.77. The minimum atomic E-state index is -1.69. The topological polar surface area (TPSA) is 131 Å². The molecule has 0 radical (unpaired) electrons. The number of carbonyl (C=O) groups is 1. The molecular weight excluding hydrogens is 352 g/mol. The van der Waals surface area contributed by atoms with Crippen LogP contribution in [0.4, 0.5) is 0 Å². The number of likely N-dealkylation sites (N-methyl/N-ethyl adjacent to an activating group) is 1. The minimum absolute atomic E-state index is 0.206. The Bertz CT molecular complexity index is 473. The van der Waals surface area contributed by atoms with Crippen molar-refractivity contribution in [2.75, 3.05) is 7.05 Å². The summed E-state index contributed by atoms with van der Waals surface area (Å²) in [5.74, 6) is -0.206. The van der Waals surface area contributed by atoms with Crippen LogP contribution in [0.2, 0.25) is 0 Å². The summed E-state index contributed by atoms with van der Waals surface area (Å²) in [5, 5.41) is 46.8. The predicted molar refractivity (Wildman–Crippen MR) is 102 cm³/mol. The third-order valence-electron chi connectivity index (χ3n) is 6.46. The summed E-state index contributed by atoms with van der Waals surface area (Å²) < 4.78 is 5.41. The van der Waals surface area contributed by atoms with Crippen LogP contribution >= 0.6 is 0 Å². The smallest absolute Gasteiger partial charge is 0.184 e. The number of hydrogen-bond acceptors (Lipinski definition) is 8. The van der Waals surface area contributed by atoms with Crippen molar-refractivity contribution in [3.05, 3.63) is 0 Å². The second kappa shape index (κ2) is 9.73. The molecule has 1 aliphatic rings. The zero-order valence-corrected chi connectivity index (χ0v) is 17.4. The lowest BCUT2D eigenvalue weighted by Gasteiger charge is -2.46. The van der Waals surface area contributed by atoms with Gasteiger partial charge in [-0.25, -0.2) is 0 Å². The largest absolute Gasteiger partial charge is 0.388 e. The van der Waals surface area contributed by atoms with Crippen molar-refractivity contribution in [2.24, 2.45) is 0 Å². The molecular formula is C19H38N2O6. The van der Waals surface area contributed by atoms with Crippen molar-refractivity contribution in [1.29, 1.82) is 0 Å². The van der Waals surface area contributed by atoms with E-state index in [-0.39, 0.29) is 5.78 Å². The number of nitrogens with one attached hydrogen (secondary N) is 2. The maximum atomic E-state index is 13.6. The fourth-order valence-electron chi connectivity index (χ4n) is 3.66. The highest BCUT2D eigenvalue weighted by Gasteiger charge is 2.52. The first kappa shape index (κ1) is 24.4.